The highest BCUT2D eigenvalue weighted by atomic mass is 16.5. The summed E-state index contributed by atoms with van der Waals surface area (Å²) in [7, 11) is 1.57. The summed E-state index contributed by atoms with van der Waals surface area (Å²) in [5, 5.41) is 12.4. The number of ether oxygens (including phenoxy) is 2. The highest BCUT2D eigenvalue weighted by Gasteiger charge is 2.16. The summed E-state index contributed by atoms with van der Waals surface area (Å²) in [6.45, 7) is 2.01. The molecular formula is C21H21NO5. The lowest BCUT2D eigenvalue weighted by atomic mass is 10.1. The smallest absolute Gasteiger partial charge is 0.287 e. The van der Waals surface area contributed by atoms with Gasteiger partial charge in [0.15, 0.2) is 17.3 Å². The van der Waals surface area contributed by atoms with Crippen molar-refractivity contribution in [3.8, 4) is 17.2 Å². The number of carbonyl (C=O) groups excluding carboxylic acids is 1. The number of carbonyl (C=O) groups is 1. The number of furan rings is 1. The molecule has 0 aliphatic heterocycles. The second-order valence-corrected chi connectivity index (χ2v) is 6.00. The third-order valence-electron chi connectivity index (χ3n) is 4.04. The summed E-state index contributed by atoms with van der Waals surface area (Å²) >= 11 is 0. The number of phenols is 1. The van der Waals surface area contributed by atoms with Gasteiger partial charge in [-0.15, -0.1) is 0 Å². The van der Waals surface area contributed by atoms with E-state index in [1.807, 2.05) is 25.1 Å². The minimum Gasteiger partial charge on any atom is -0.508 e. The Hall–Kier alpha value is -3.41. The third kappa shape index (κ3) is 4.61. The Morgan fingerprint density at radius 1 is 1.11 bits per heavy atom. The molecular weight excluding hydrogens is 346 g/mol. The average molecular weight is 367 g/mol. The number of rotatable bonds is 7. The summed E-state index contributed by atoms with van der Waals surface area (Å²) in [6, 6.07) is 17.1. The number of nitrogens with one attached hydrogen (secondary N) is 1. The van der Waals surface area contributed by atoms with E-state index in [1.165, 1.54) is 0 Å². The Balaban J connectivity index is 1.60. The summed E-state index contributed by atoms with van der Waals surface area (Å²) in [5.74, 6) is 1.76. The predicted molar refractivity (Wildman–Crippen MR) is 100 cm³/mol. The Kier molecular flexibility index (Phi) is 5.66. The van der Waals surface area contributed by atoms with Crippen LogP contribution in [0.3, 0.4) is 0 Å². The minimum atomic E-state index is -0.339. The molecule has 0 fully saturated rings. The van der Waals surface area contributed by atoms with E-state index in [1.54, 1.807) is 49.6 Å². The fourth-order valence-electron chi connectivity index (χ4n) is 2.61. The molecule has 2 N–H and O–H groups in total. The zero-order valence-electron chi connectivity index (χ0n) is 15.1. The first-order valence-corrected chi connectivity index (χ1v) is 8.51. The lowest BCUT2D eigenvalue weighted by Crippen LogP contribution is -2.26. The van der Waals surface area contributed by atoms with Crippen molar-refractivity contribution in [1.29, 1.82) is 0 Å². The van der Waals surface area contributed by atoms with Gasteiger partial charge in [0.1, 0.15) is 18.1 Å². The quantitative estimate of drug-likeness (QED) is 0.658. The second-order valence-electron chi connectivity index (χ2n) is 6.00. The normalized spacial score (nSPS) is 11.6. The molecule has 0 saturated heterocycles. The molecule has 0 bridgehead atoms. The SMILES string of the molecule is COc1ccccc1OCc1ccc(C(=O)NC(C)c2cccc(O)c2)o1. The number of hydrogen-bond acceptors (Lipinski definition) is 5. The van der Waals surface area contributed by atoms with Crippen molar-refractivity contribution in [2.24, 2.45) is 0 Å². The third-order valence-corrected chi connectivity index (χ3v) is 4.04. The maximum atomic E-state index is 12.4. The van der Waals surface area contributed by atoms with E-state index in [0.717, 1.165) is 5.56 Å². The van der Waals surface area contributed by atoms with Crippen molar-refractivity contribution < 1.29 is 23.8 Å². The lowest BCUT2D eigenvalue weighted by molar-refractivity contribution is 0.0907. The van der Waals surface area contributed by atoms with Gasteiger partial charge in [0, 0.05) is 0 Å². The van der Waals surface area contributed by atoms with Gasteiger partial charge in [-0.1, -0.05) is 24.3 Å². The standard InChI is InChI=1S/C21H21NO5/c1-14(15-6-5-7-16(23)12-15)22-21(24)20-11-10-17(27-20)13-26-19-9-4-3-8-18(19)25-2/h3-12,14,23H,13H2,1-2H3,(H,22,24). The first kappa shape index (κ1) is 18.4. The van der Waals surface area contributed by atoms with Gasteiger partial charge in [-0.3, -0.25) is 4.79 Å². The maximum Gasteiger partial charge on any atom is 0.287 e. The molecule has 6 heteroatoms. The van der Waals surface area contributed by atoms with Gasteiger partial charge >= 0.3 is 0 Å². The number of para-hydroxylation sites is 2. The van der Waals surface area contributed by atoms with Crippen LogP contribution in [-0.2, 0) is 6.61 Å². The molecule has 1 unspecified atom stereocenters. The van der Waals surface area contributed by atoms with Crippen LogP contribution in [0.25, 0.3) is 0 Å². The van der Waals surface area contributed by atoms with Crippen molar-refractivity contribution in [1.82, 2.24) is 5.32 Å². The summed E-state index contributed by atoms with van der Waals surface area (Å²) in [6.07, 6.45) is 0. The molecule has 0 spiro atoms. The van der Waals surface area contributed by atoms with Gasteiger partial charge in [-0.2, -0.15) is 0 Å². The molecule has 3 rings (SSSR count). The zero-order chi connectivity index (χ0) is 19.2. The molecule has 1 heterocycles. The monoisotopic (exact) mass is 367 g/mol. The van der Waals surface area contributed by atoms with Crippen molar-refractivity contribution in [2.45, 2.75) is 19.6 Å². The fourth-order valence-corrected chi connectivity index (χ4v) is 2.61. The van der Waals surface area contributed by atoms with Crippen LogP contribution < -0.4 is 14.8 Å². The van der Waals surface area contributed by atoms with Crippen LogP contribution in [0.5, 0.6) is 17.2 Å². The highest BCUT2D eigenvalue weighted by Crippen LogP contribution is 2.27. The van der Waals surface area contributed by atoms with Gasteiger partial charge in [0.2, 0.25) is 0 Å². The van der Waals surface area contributed by atoms with Gasteiger partial charge < -0.3 is 24.3 Å². The number of hydrogen-bond donors (Lipinski definition) is 2. The first-order valence-electron chi connectivity index (χ1n) is 8.51. The van der Waals surface area contributed by atoms with Gasteiger partial charge in [-0.05, 0) is 48.9 Å². The van der Waals surface area contributed by atoms with Crippen LogP contribution in [0.1, 0.15) is 34.8 Å². The second kappa shape index (κ2) is 8.31. The first-order chi connectivity index (χ1) is 13.1. The summed E-state index contributed by atoms with van der Waals surface area (Å²) < 4.78 is 16.5. The van der Waals surface area contributed by atoms with Crippen LogP contribution >= 0.6 is 0 Å². The van der Waals surface area contributed by atoms with E-state index in [9.17, 15) is 9.90 Å². The van der Waals surface area contributed by atoms with Crippen LogP contribution in [0.4, 0.5) is 0 Å². The summed E-state index contributed by atoms with van der Waals surface area (Å²) in [5.41, 5.74) is 0.801. The van der Waals surface area contributed by atoms with Crippen molar-refractivity contribution >= 4 is 5.91 Å². The van der Waals surface area contributed by atoms with E-state index >= 15 is 0 Å². The molecule has 0 radical (unpaired) electrons. The van der Waals surface area contributed by atoms with Crippen LogP contribution in [0, 0.1) is 0 Å². The van der Waals surface area contributed by atoms with Crippen LogP contribution in [0.2, 0.25) is 0 Å². The minimum absolute atomic E-state index is 0.155. The van der Waals surface area contributed by atoms with Gasteiger partial charge in [-0.25, -0.2) is 0 Å². The van der Waals surface area contributed by atoms with E-state index in [-0.39, 0.29) is 30.1 Å². The largest absolute Gasteiger partial charge is 0.508 e. The van der Waals surface area contributed by atoms with Crippen LogP contribution in [0.15, 0.2) is 65.1 Å². The number of methoxy groups -OCH3 is 1. The van der Waals surface area contributed by atoms with Crippen molar-refractivity contribution in [3.63, 3.8) is 0 Å². The molecule has 1 amide bonds. The molecule has 1 atom stereocenters. The topological polar surface area (TPSA) is 80.9 Å². The van der Waals surface area contributed by atoms with E-state index < -0.39 is 0 Å². The van der Waals surface area contributed by atoms with E-state index in [2.05, 4.69) is 5.32 Å². The Labute approximate surface area is 157 Å². The Morgan fingerprint density at radius 2 is 1.89 bits per heavy atom. The number of amides is 1. The molecule has 3 aromatic rings. The van der Waals surface area contributed by atoms with Gasteiger partial charge in [0.25, 0.3) is 5.91 Å². The highest BCUT2D eigenvalue weighted by molar-refractivity contribution is 5.91. The molecule has 0 aliphatic rings. The molecule has 27 heavy (non-hydrogen) atoms. The Morgan fingerprint density at radius 3 is 2.63 bits per heavy atom. The van der Waals surface area contributed by atoms with Crippen molar-refractivity contribution in [2.75, 3.05) is 7.11 Å². The molecule has 0 aliphatic carbocycles. The van der Waals surface area contributed by atoms with E-state index in [4.69, 9.17) is 13.9 Å². The average Bonchev–Trinajstić information content (AvgIpc) is 3.15. The number of phenolic OH excluding ortho intramolecular Hbond substituents is 1. The Bertz CT molecular complexity index is 918. The lowest BCUT2D eigenvalue weighted by Gasteiger charge is -2.13. The fraction of sp³-hybridized carbons (Fsp3) is 0.190. The van der Waals surface area contributed by atoms with Gasteiger partial charge in [0.05, 0.1) is 13.2 Å². The number of aromatic hydroxyl groups is 1. The zero-order valence-corrected chi connectivity index (χ0v) is 15.1. The molecule has 6 nitrogen and oxygen atoms in total. The van der Waals surface area contributed by atoms with Crippen molar-refractivity contribution in [3.05, 3.63) is 77.7 Å². The molecule has 2 aromatic carbocycles. The number of benzene rings is 2. The van der Waals surface area contributed by atoms with E-state index in [0.29, 0.717) is 17.3 Å². The molecule has 0 saturated carbocycles. The molecule has 140 valence electrons. The summed E-state index contributed by atoms with van der Waals surface area (Å²) in [4.78, 5) is 12.4. The predicted octanol–water partition coefficient (Wildman–Crippen LogP) is 4.06. The molecule has 1 aromatic heterocycles. The van der Waals surface area contributed by atoms with Crippen LogP contribution in [-0.4, -0.2) is 18.1 Å². The maximum absolute atomic E-state index is 12.4.